The van der Waals surface area contributed by atoms with Crippen molar-refractivity contribution >= 4 is 31.6 Å². The van der Waals surface area contributed by atoms with Crippen molar-refractivity contribution in [3.63, 3.8) is 0 Å². The molecular formula is C27H33N3O7S2. The predicted molar refractivity (Wildman–Crippen MR) is 149 cm³/mol. The highest BCUT2D eigenvalue weighted by molar-refractivity contribution is 7.92. The zero-order chi connectivity index (χ0) is 28.6. The zero-order valence-electron chi connectivity index (χ0n) is 22.3. The summed E-state index contributed by atoms with van der Waals surface area (Å²) in [6, 6.07) is 19.0. The van der Waals surface area contributed by atoms with Gasteiger partial charge in [0.15, 0.2) is 0 Å². The zero-order valence-corrected chi connectivity index (χ0v) is 24.0. The van der Waals surface area contributed by atoms with E-state index in [0.29, 0.717) is 18.1 Å². The Morgan fingerprint density at radius 2 is 1.41 bits per heavy atom. The van der Waals surface area contributed by atoms with Gasteiger partial charge in [0.25, 0.3) is 10.0 Å². The fourth-order valence-corrected chi connectivity index (χ4v) is 5.88. The number of aryl methyl sites for hydroxylation is 1. The molecule has 0 aliphatic heterocycles. The summed E-state index contributed by atoms with van der Waals surface area (Å²) in [7, 11) is -4.74. The number of amides is 1. The van der Waals surface area contributed by atoms with E-state index in [1.165, 1.54) is 50.5 Å². The van der Waals surface area contributed by atoms with Crippen molar-refractivity contribution in [1.82, 2.24) is 9.62 Å². The Morgan fingerprint density at radius 1 is 0.821 bits per heavy atom. The van der Waals surface area contributed by atoms with Gasteiger partial charge in [0, 0.05) is 14.1 Å². The van der Waals surface area contributed by atoms with Gasteiger partial charge < -0.3 is 14.8 Å². The van der Waals surface area contributed by atoms with Crippen LogP contribution in [0.3, 0.4) is 0 Å². The highest BCUT2D eigenvalue weighted by Crippen LogP contribution is 2.32. The van der Waals surface area contributed by atoms with Crippen LogP contribution in [0.15, 0.2) is 82.6 Å². The highest BCUT2D eigenvalue weighted by Gasteiger charge is 2.29. The van der Waals surface area contributed by atoms with Crippen LogP contribution < -0.4 is 19.1 Å². The first-order valence-corrected chi connectivity index (χ1v) is 15.1. The number of anilines is 1. The molecule has 0 bridgehead atoms. The van der Waals surface area contributed by atoms with Crippen LogP contribution in [0, 0.1) is 6.92 Å². The summed E-state index contributed by atoms with van der Waals surface area (Å²) in [5.41, 5.74) is 1.15. The molecule has 210 valence electrons. The summed E-state index contributed by atoms with van der Waals surface area (Å²) in [5.74, 6) is 0.232. The number of sulfonamides is 2. The topological polar surface area (TPSA) is 122 Å². The quantitative estimate of drug-likeness (QED) is 0.311. The maximum absolute atomic E-state index is 13.6. The van der Waals surface area contributed by atoms with Crippen molar-refractivity contribution < 1.29 is 31.1 Å². The number of para-hydroxylation sites is 2. The second kappa shape index (κ2) is 13.0. The summed E-state index contributed by atoms with van der Waals surface area (Å²) < 4.78 is 65.0. The van der Waals surface area contributed by atoms with Gasteiger partial charge in [0.2, 0.25) is 15.9 Å². The Labute approximate surface area is 230 Å². The molecule has 0 aliphatic rings. The Kier molecular flexibility index (Phi) is 9.95. The molecule has 0 heterocycles. The number of rotatable bonds is 13. The minimum atomic E-state index is -4.09. The molecule has 0 unspecified atom stereocenters. The van der Waals surface area contributed by atoms with E-state index in [4.69, 9.17) is 9.47 Å². The lowest BCUT2D eigenvalue weighted by Crippen LogP contribution is -2.42. The molecule has 1 amide bonds. The highest BCUT2D eigenvalue weighted by atomic mass is 32.2. The molecule has 0 saturated carbocycles. The van der Waals surface area contributed by atoms with Crippen molar-refractivity contribution in [3.05, 3.63) is 78.4 Å². The van der Waals surface area contributed by atoms with E-state index < -0.39 is 32.5 Å². The van der Waals surface area contributed by atoms with E-state index in [9.17, 15) is 21.6 Å². The number of nitrogens with zero attached hydrogens (tertiary/aromatic N) is 2. The van der Waals surface area contributed by atoms with Gasteiger partial charge in [-0.1, -0.05) is 29.8 Å². The monoisotopic (exact) mass is 575 g/mol. The van der Waals surface area contributed by atoms with E-state index in [0.717, 1.165) is 14.2 Å². The van der Waals surface area contributed by atoms with Gasteiger partial charge >= 0.3 is 0 Å². The van der Waals surface area contributed by atoms with Gasteiger partial charge in [0.1, 0.15) is 24.7 Å². The minimum absolute atomic E-state index is 0.0512. The molecule has 0 saturated heterocycles. The third-order valence-electron chi connectivity index (χ3n) is 5.63. The van der Waals surface area contributed by atoms with Crippen molar-refractivity contribution in [2.75, 3.05) is 44.7 Å². The lowest BCUT2D eigenvalue weighted by Gasteiger charge is -2.26. The predicted octanol–water partition coefficient (Wildman–Crippen LogP) is 3.03. The van der Waals surface area contributed by atoms with Gasteiger partial charge in [-0.2, -0.15) is 0 Å². The van der Waals surface area contributed by atoms with Crippen molar-refractivity contribution in [2.45, 2.75) is 23.6 Å². The SMILES string of the molecule is CCOc1ccccc1N(CC(=O)NCCOc1ccc(S(=O)(=O)N(C)C)cc1)S(=O)(=O)c1ccc(C)cc1. The lowest BCUT2D eigenvalue weighted by atomic mass is 10.2. The van der Waals surface area contributed by atoms with Crippen LogP contribution in [0.1, 0.15) is 12.5 Å². The normalized spacial score (nSPS) is 11.7. The van der Waals surface area contributed by atoms with Crippen LogP contribution in [0.4, 0.5) is 5.69 Å². The maximum atomic E-state index is 13.6. The Morgan fingerprint density at radius 3 is 2.03 bits per heavy atom. The summed E-state index contributed by atoms with van der Waals surface area (Å²) in [6.07, 6.45) is 0. The molecule has 0 fully saturated rings. The second-order valence-corrected chi connectivity index (χ2v) is 12.7. The fourth-order valence-electron chi connectivity index (χ4n) is 3.54. The summed E-state index contributed by atoms with van der Waals surface area (Å²) in [6.45, 7) is 3.68. The first-order chi connectivity index (χ1) is 18.5. The number of carbonyl (C=O) groups excluding carboxylic acids is 1. The summed E-state index contributed by atoms with van der Waals surface area (Å²) in [4.78, 5) is 13.1. The molecule has 10 nitrogen and oxygen atoms in total. The van der Waals surface area contributed by atoms with Gasteiger partial charge in [-0.15, -0.1) is 0 Å². The molecule has 3 rings (SSSR count). The molecule has 0 aliphatic carbocycles. The standard InChI is InChI=1S/C27H33N3O7S2/c1-5-36-26-9-7-6-8-25(26)30(39(34,35)24-14-10-21(2)11-15-24)20-27(31)28-18-19-37-22-12-16-23(17-13-22)38(32,33)29(3)4/h6-17H,5,18-20H2,1-4H3,(H,28,31). The molecule has 3 aromatic rings. The van der Waals surface area contributed by atoms with Gasteiger partial charge in [0.05, 0.1) is 28.6 Å². The van der Waals surface area contributed by atoms with E-state index in [2.05, 4.69) is 5.32 Å². The smallest absolute Gasteiger partial charge is 0.264 e. The van der Waals surface area contributed by atoms with Crippen LogP contribution in [-0.4, -0.2) is 67.4 Å². The van der Waals surface area contributed by atoms with Crippen LogP contribution in [0.2, 0.25) is 0 Å². The Bertz CT molecular complexity index is 1470. The summed E-state index contributed by atoms with van der Waals surface area (Å²) in [5, 5.41) is 2.67. The number of ether oxygens (including phenoxy) is 2. The average Bonchev–Trinajstić information content (AvgIpc) is 2.91. The summed E-state index contributed by atoms with van der Waals surface area (Å²) >= 11 is 0. The average molecular weight is 576 g/mol. The number of hydrogen-bond acceptors (Lipinski definition) is 7. The van der Waals surface area contributed by atoms with E-state index in [-0.39, 0.29) is 28.6 Å². The van der Waals surface area contributed by atoms with Gasteiger partial charge in [-0.25, -0.2) is 21.1 Å². The van der Waals surface area contributed by atoms with Crippen molar-refractivity contribution in [1.29, 1.82) is 0 Å². The fraction of sp³-hybridized carbons (Fsp3) is 0.296. The lowest BCUT2D eigenvalue weighted by molar-refractivity contribution is -0.119. The van der Waals surface area contributed by atoms with E-state index in [1.807, 2.05) is 6.92 Å². The third kappa shape index (κ3) is 7.49. The Balaban J connectivity index is 1.70. The molecule has 0 aromatic heterocycles. The minimum Gasteiger partial charge on any atom is -0.492 e. The molecule has 0 radical (unpaired) electrons. The van der Waals surface area contributed by atoms with Crippen LogP contribution >= 0.6 is 0 Å². The van der Waals surface area contributed by atoms with Crippen molar-refractivity contribution in [3.8, 4) is 11.5 Å². The molecule has 1 N–H and O–H groups in total. The first-order valence-electron chi connectivity index (χ1n) is 12.2. The number of benzene rings is 3. The van der Waals surface area contributed by atoms with Crippen LogP contribution in [-0.2, 0) is 24.8 Å². The maximum Gasteiger partial charge on any atom is 0.264 e. The van der Waals surface area contributed by atoms with E-state index in [1.54, 1.807) is 43.3 Å². The second-order valence-electron chi connectivity index (χ2n) is 8.68. The van der Waals surface area contributed by atoms with Crippen LogP contribution in [0.5, 0.6) is 11.5 Å². The van der Waals surface area contributed by atoms with Gasteiger partial charge in [-0.05, 0) is 62.4 Å². The molecule has 0 atom stereocenters. The molecule has 12 heteroatoms. The van der Waals surface area contributed by atoms with Crippen molar-refractivity contribution in [2.24, 2.45) is 0 Å². The first kappa shape index (κ1) is 29.9. The molecule has 0 spiro atoms. The molecular weight excluding hydrogens is 542 g/mol. The van der Waals surface area contributed by atoms with Gasteiger partial charge in [-0.3, -0.25) is 9.10 Å². The number of nitrogens with one attached hydrogen (secondary N) is 1. The number of carbonyl (C=O) groups is 1. The number of hydrogen-bond donors (Lipinski definition) is 1. The molecule has 39 heavy (non-hydrogen) atoms. The third-order valence-corrected chi connectivity index (χ3v) is 9.23. The Hall–Kier alpha value is -3.61. The largest absolute Gasteiger partial charge is 0.492 e. The van der Waals surface area contributed by atoms with Crippen LogP contribution in [0.25, 0.3) is 0 Å². The molecule has 3 aromatic carbocycles. The van der Waals surface area contributed by atoms with E-state index >= 15 is 0 Å².